The van der Waals surface area contributed by atoms with Crippen molar-refractivity contribution >= 4 is 22.7 Å². The summed E-state index contributed by atoms with van der Waals surface area (Å²) in [6.45, 7) is 0.480. The first kappa shape index (κ1) is 13.2. The summed E-state index contributed by atoms with van der Waals surface area (Å²) in [4.78, 5) is 4.84. The van der Waals surface area contributed by atoms with E-state index in [1.54, 1.807) is 12.3 Å². The van der Waals surface area contributed by atoms with Crippen molar-refractivity contribution in [1.82, 2.24) is 4.98 Å². The van der Waals surface area contributed by atoms with Gasteiger partial charge in [-0.15, -0.1) is 11.8 Å². The van der Waals surface area contributed by atoms with E-state index in [2.05, 4.69) is 4.98 Å². The molecule has 0 spiro atoms. The Kier molecular flexibility index (Phi) is 3.77. The highest BCUT2D eigenvalue weighted by Gasteiger charge is 2.30. The van der Waals surface area contributed by atoms with E-state index in [9.17, 15) is 13.2 Å². The van der Waals surface area contributed by atoms with Crippen LogP contribution in [0.25, 0.3) is 10.9 Å². The molecule has 0 aliphatic carbocycles. The molecule has 0 amide bonds. The minimum absolute atomic E-state index is 0.480. The summed E-state index contributed by atoms with van der Waals surface area (Å²) in [7, 11) is 0. The van der Waals surface area contributed by atoms with Crippen LogP contribution in [0.5, 0.6) is 0 Å². The molecule has 0 aliphatic heterocycles. The second-order valence-electron chi connectivity index (χ2n) is 3.68. The number of fused-ring (bicyclic) bond motifs is 1. The molecule has 0 aliphatic rings. The minimum Gasteiger partial charge on any atom is -0.330 e. The van der Waals surface area contributed by atoms with Crippen molar-refractivity contribution in [2.45, 2.75) is 11.1 Å². The van der Waals surface area contributed by atoms with Gasteiger partial charge >= 0.3 is 6.18 Å². The quantitative estimate of drug-likeness (QED) is 0.871. The van der Waals surface area contributed by atoms with Crippen molar-refractivity contribution < 1.29 is 13.2 Å². The van der Waals surface area contributed by atoms with E-state index in [1.165, 1.54) is 17.8 Å². The van der Waals surface area contributed by atoms with Crippen LogP contribution in [0.1, 0.15) is 5.56 Å². The molecule has 0 unspecified atom stereocenters. The number of alkyl halides is 3. The van der Waals surface area contributed by atoms with Gasteiger partial charge in [0.15, 0.2) is 0 Å². The summed E-state index contributed by atoms with van der Waals surface area (Å²) in [5.74, 6) is 0.662. The number of hydrogen-bond acceptors (Lipinski definition) is 3. The number of benzene rings is 1. The Morgan fingerprint density at radius 2 is 2.00 bits per heavy atom. The molecule has 2 rings (SSSR count). The van der Waals surface area contributed by atoms with Crippen molar-refractivity contribution in [1.29, 1.82) is 0 Å². The van der Waals surface area contributed by atoms with Crippen LogP contribution >= 0.6 is 11.8 Å². The minimum atomic E-state index is -4.33. The number of nitrogens with two attached hydrogens (primary N) is 1. The maximum Gasteiger partial charge on any atom is 0.416 e. The van der Waals surface area contributed by atoms with Gasteiger partial charge in [-0.1, -0.05) is 0 Å². The van der Waals surface area contributed by atoms with Gasteiger partial charge < -0.3 is 5.73 Å². The topological polar surface area (TPSA) is 38.9 Å². The number of pyridine rings is 1. The standard InChI is InChI=1S/C12H11F3N2S/c13-12(14,15)8-1-2-10-9(7-8)11(3-5-17-10)18-6-4-16/h1-3,5,7H,4,6,16H2. The van der Waals surface area contributed by atoms with Gasteiger partial charge in [-0.3, -0.25) is 4.98 Å². The summed E-state index contributed by atoms with van der Waals surface area (Å²) < 4.78 is 38.0. The first-order valence-corrected chi connectivity index (χ1v) is 6.30. The van der Waals surface area contributed by atoms with E-state index < -0.39 is 11.7 Å². The Labute approximate surface area is 106 Å². The zero-order valence-electron chi connectivity index (χ0n) is 9.37. The van der Waals surface area contributed by atoms with E-state index in [0.29, 0.717) is 23.2 Å². The van der Waals surface area contributed by atoms with Gasteiger partial charge in [0.05, 0.1) is 11.1 Å². The molecular formula is C12H11F3N2S. The normalized spacial score (nSPS) is 12.0. The number of nitrogens with zero attached hydrogens (tertiary/aromatic N) is 1. The van der Waals surface area contributed by atoms with Crippen LogP contribution in [0.3, 0.4) is 0 Å². The van der Waals surface area contributed by atoms with Crippen molar-refractivity contribution in [3.63, 3.8) is 0 Å². The van der Waals surface area contributed by atoms with Crippen LogP contribution in [0.2, 0.25) is 0 Å². The van der Waals surface area contributed by atoms with Crippen molar-refractivity contribution in [2.75, 3.05) is 12.3 Å². The smallest absolute Gasteiger partial charge is 0.330 e. The number of rotatable bonds is 3. The lowest BCUT2D eigenvalue weighted by Gasteiger charge is -2.09. The fourth-order valence-electron chi connectivity index (χ4n) is 1.59. The summed E-state index contributed by atoms with van der Waals surface area (Å²) in [5.41, 5.74) is 5.31. The average Bonchev–Trinajstić information content (AvgIpc) is 2.34. The molecule has 2 aromatic rings. The first-order valence-electron chi connectivity index (χ1n) is 5.31. The highest BCUT2D eigenvalue weighted by atomic mass is 32.2. The Morgan fingerprint density at radius 1 is 1.22 bits per heavy atom. The van der Waals surface area contributed by atoms with Crippen molar-refractivity contribution in [3.05, 3.63) is 36.0 Å². The molecule has 0 radical (unpaired) electrons. The predicted octanol–water partition coefficient (Wildman–Crippen LogP) is 3.30. The van der Waals surface area contributed by atoms with Gasteiger partial charge in [0.25, 0.3) is 0 Å². The lowest BCUT2D eigenvalue weighted by atomic mass is 10.1. The maximum absolute atomic E-state index is 12.7. The van der Waals surface area contributed by atoms with Crippen LogP contribution < -0.4 is 5.73 Å². The summed E-state index contributed by atoms with van der Waals surface area (Å²) in [5, 5.41) is 0.519. The third-order valence-electron chi connectivity index (χ3n) is 2.40. The fourth-order valence-corrected chi connectivity index (χ4v) is 2.41. The predicted molar refractivity (Wildman–Crippen MR) is 66.5 cm³/mol. The lowest BCUT2D eigenvalue weighted by molar-refractivity contribution is -0.137. The number of thioether (sulfide) groups is 1. The zero-order chi connectivity index (χ0) is 13.2. The summed E-state index contributed by atoms with van der Waals surface area (Å²) in [6, 6.07) is 5.29. The maximum atomic E-state index is 12.7. The van der Waals surface area contributed by atoms with E-state index in [0.717, 1.165) is 17.0 Å². The van der Waals surface area contributed by atoms with E-state index in [1.807, 2.05) is 0 Å². The second-order valence-corrected chi connectivity index (χ2v) is 4.81. The van der Waals surface area contributed by atoms with Crippen LogP contribution in [-0.4, -0.2) is 17.3 Å². The van der Waals surface area contributed by atoms with Crippen molar-refractivity contribution in [2.24, 2.45) is 5.73 Å². The molecule has 18 heavy (non-hydrogen) atoms. The highest BCUT2D eigenvalue weighted by Crippen LogP contribution is 2.34. The molecule has 6 heteroatoms. The third-order valence-corrected chi connectivity index (χ3v) is 3.51. The summed E-state index contributed by atoms with van der Waals surface area (Å²) in [6.07, 6.45) is -2.74. The molecule has 2 N–H and O–H groups in total. The van der Waals surface area contributed by atoms with Gasteiger partial charge in [0.1, 0.15) is 0 Å². The van der Waals surface area contributed by atoms with Gasteiger partial charge in [0.2, 0.25) is 0 Å². The largest absolute Gasteiger partial charge is 0.416 e. The molecule has 96 valence electrons. The number of halogens is 3. The fraction of sp³-hybridized carbons (Fsp3) is 0.250. The van der Waals surface area contributed by atoms with Gasteiger partial charge in [-0.05, 0) is 24.3 Å². The Bertz CT molecular complexity index is 555. The van der Waals surface area contributed by atoms with E-state index >= 15 is 0 Å². The second kappa shape index (κ2) is 5.16. The van der Waals surface area contributed by atoms with Gasteiger partial charge in [-0.25, -0.2) is 0 Å². The van der Waals surface area contributed by atoms with E-state index in [-0.39, 0.29) is 0 Å². The van der Waals surface area contributed by atoms with Crippen LogP contribution in [-0.2, 0) is 6.18 Å². The third kappa shape index (κ3) is 2.76. The summed E-state index contributed by atoms with van der Waals surface area (Å²) >= 11 is 1.44. The Morgan fingerprint density at radius 3 is 2.67 bits per heavy atom. The van der Waals surface area contributed by atoms with Gasteiger partial charge in [-0.2, -0.15) is 13.2 Å². The van der Waals surface area contributed by atoms with Crippen LogP contribution in [0.4, 0.5) is 13.2 Å². The Balaban J connectivity index is 2.51. The SMILES string of the molecule is NCCSc1ccnc2ccc(C(F)(F)F)cc12. The molecule has 0 bridgehead atoms. The van der Waals surface area contributed by atoms with Crippen LogP contribution in [0, 0.1) is 0 Å². The molecule has 0 saturated carbocycles. The molecule has 0 atom stereocenters. The molecule has 0 saturated heterocycles. The molecule has 0 fully saturated rings. The number of aromatic nitrogens is 1. The van der Waals surface area contributed by atoms with Gasteiger partial charge in [0, 0.05) is 28.8 Å². The van der Waals surface area contributed by atoms with Crippen molar-refractivity contribution in [3.8, 4) is 0 Å². The molecule has 2 nitrogen and oxygen atoms in total. The number of hydrogen-bond donors (Lipinski definition) is 1. The van der Waals surface area contributed by atoms with Crippen LogP contribution in [0.15, 0.2) is 35.4 Å². The Hall–Kier alpha value is -1.27. The molecule has 1 heterocycles. The zero-order valence-corrected chi connectivity index (χ0v) is 10.2. The van der Waals surface area contributed by atoms with E-state index in [4.69, 9.17) is 5.73 Å². The highest BCUT2D eigenvalue weighted by molar-refractivity contribution is 7.99. The first-order chi connectivity index (χ1) is 8.52. The monoisotopic (exact) mass is 272 g/mol. The molecular weight excluding hydrogens is 261 g/mol. The molecule has 1 aromatic heterocycles. The lowest BCUT2D eigenvalue weighted by Crippen LogP contribution is -2.05. The molecule has 1 aromatic carbocycles. The average molecular weight is 272 g/mol.